The second-order valence-electron chi connectivity index (χ2n) is 8.15. The summed E-state index contributed by atoms with van der Waals surface area (Å²) in [7, 11) is -6.88. The highest BCUT2D eigenvalue weighted by Crippen LogP contribution is 2.51. The Morgan fingerprint density at radius 1 is 1.02 bits per heavy atom. The van der Waals surface area contributed by atoms with Gasteiger partial charge in [0.05, 0.1) is 30.0 Å². The van der Waals surface area contributed by atoms with Crippen LogP contribution in [0.25, 0.3) is 0 Å². The molecule has 0 saturated heterocycles. The van der Waals surface area contributed by atoms with Crippen molar-refractivity contribution in [2.75, 3.05) is 31.4 Å². The second-order valence-corrected chi connectivity index (χ2v) is 13.1. The number of hydrogen-bond donors (Lipinski definition) is 1. The summed E-state index contributed by atoms with van der Waals surface area (Å²) in [5.74, 6) is -0.884. The number of nitrogens with zero attached hydrogens (tertiary/aromatic N) is 1. The van der Waals surface area contributed by atoms with Crippen LogP contribution in [0.1, 0.15) is 29.9 Å². The molecule has 3 rings (SSSR count). The Kier molecular flexibility index (Phi) is 10.4. The predicted molar refractivity (Wildman–Crippen MR) is 142 cm³/mol. The average Bonchev–Trinajstić information content (AvgIpc) is 3.28. The van der Waals surface area contributed by atoms with Crippen LogP contribution in [-0.4, -0.2) is 51.6 Å². The third kappa shape index (κ3) is 9.59. The van der Waals surface area contributed by atoms with Crippen molar-refractivity contribution in [1.29, 1.82) is 0 Å². The number of halogens is 3. The SMILES string of the molecule is CCOP(=O)(Cc1csc(NC(=O)c2cc(OCC(F)(F)F)cc(Oc3ccc(S(C)(=O)=O)cc3)c2)n1)OCC. The topological polar surface area (TPSA) is 130 Å². The molecular formula is C24H26F3N2O8PS2. The smallest absolute Gasteiger partial charge is 0.422 e. The molecule has 1 heterocycles. The van der Waals surface area contributed by atoms with Gasteiger partial charge < -0.3 is 18.5 Å². The van der Waals surface area contributed by atoms with Gasteiger partial charge in [-0.2, -0.15) is 13.2 Å². The Bertz CT molecular complexity index is 1470. The molecule has 0 fully saturated rings. The molecule has 3 aromatic rings. The van der Waals surface area contributed by atoms with Gasteiger partial charge in [-0.1, -0.05) is 0 Å². The lowest BCUT2D eigenvalue weighted by molar-refractivity contribution is -0.153. The lowest BCUT2D eigenvalue weighted by Crippen LogP contribution is -2.19. The third-order valence-corrected chi connectivity index (χ3v) is 8.76. The van der Waals surface area contributed by atoms with Gasteiger partial charge in [0.1, 0.15) is 17.2 Å². The number of sulfone groups is 1. The molecule has 0 spiro atoms. The maximum Gasteiger partial charge on any atom is 0.422 e. The van der Waals surface area contributed by atoms with Gasteiger partial charge in [-0.3, -0.25) is 14.7 Å². The minimum absolute atomic E-state index is 0.0360. The van der Waals surface area contributed by atoms with E-state index in [9.17, 15) is 30.9 Å². The number of thiazole rings is 1. The van der Waals surface area contributed by atoms with Gasteiger partial charge in [0, 0.05) is 23.3 Å². The first-order chi connectivity index (χ1) is 18.7. The summed E-state index contributed by atoms with van der Waals surface area (Å²) in [5, 5.41) is 4.25. The number of hydrogen-bond acceptors (Lipinski definition) is 10. The van der Waals surface area contributed by atoms with Crippen molar-refractivity contribution in [2.24, 2.45) is 0 Å². The van der Waals surface area contributed by atoms with E-state index in [-0.39, 0.29) is 52.2 Å². The van der Waals surface area contributed by atoms with Crippen LogP contribution in [0.3, 0.4) is 0 Å². The van der Waals surface area contributed by atoms with E-state index >= 15 is 0 Å². The Balaban J connectivity index is 1.82. The van der Waals surface area contributed by atoms with Crippen molar-refractivity contribution in [1.82, 2.24) is 4.98 Å². The zero-order chi connectivity index (χ0) is 29.6. The van der Waals surface area contributed by atoms with Crippen LogP contribution in [0, 0.1) is 0 Å². The quantitative estimate of drug-likeness (QED) is 0.218. The number of carbonyl (C=O) groups excluding carboxylic acids is 1. The minimum Gasteiger partial charge on any atom is -0.484 e. The maximum atomic E-state index is 13.0. The molecule has 0 aliphatic rings. The number of nitrogens with one attached hydrogen (secondary N) is 1. The number of carbonyl (C=O) groups is 1. The van der Waals surface area contributed by atoms with E-state index < -0.39 is 36.1 Å². The molecular weight excluding hydrogens is 596 g/mol. The molecule has 0 aliphatic heterocycles. The summed E-state index contributed by atoms with van der Waals surface area (Å²) in [4.78, 5) is 17.3. The first kappa shape index (κ1) is 31.6. The Hall–Kier alpha value is -2.97. The standard InChI is InChI=1S/C24H26F3N2O8PS2/c1-4-35-38(31,36-5-2)13-17-14-39-23(28-17)29-22(30)16-10-19(34-15-24(25,26)27)12-20(11-16)37-18-6-8-21(9-7-18)40(3,32)33/h6-12,14H,4-5,13,15H2,1-3H3,(H,28,29,30). The number of benzene rings is 2. The maximum absolute atomic E-state index is 13.0. The molecule has 0 atom stereocenters. The van der Waals surface area contributed by atoms with Gasteiger partial charge >= 0.3 is 13.8 Å². The van der Waals surface area contributed by atoms with E-state index in [1.54, 1.807) is 19.2 Å². The van der Waals surface area contributed by atoms with E-state index in [4.69, 9.17) is 18.5 Å². The molecule has 1 aromatic heterocycles. The summed E-state index contributed by atoms with van der Waals surface area (Å²) in [6.45, 7) is 2.09. The second kappa shape index (κ2) is 13.1. The number of ether oxygens (including phenoxy) is 2. The largest absolute Gasteiger partial charge is 0.484 e. The van der Waals surface area contributed by atoms with Crippen molar-refractivity contribution in [2.45, 2.75) is 31.1 Å². The summed E-state index contributed by atoms with van der Waals surface area (Å²) in [6, 6.07) is 8.87. The van der Waals surface area contributed by atoms with Gasteiger partial charge in [0.25, 0.3) is 5.91 Å². The van der Waals surface area contributed by atoms with Crippen LogP contribution in [0.2, 0.25) is 0 Å². The molecule has 16 heteroatoms. The van der Waals surface area contributed by atoms with Crippen molar-refractivity contribution in [3.8, 4) is 17.2 Å². The Morgan fingerprint density at radius 3 is 2.23 bits per heavy atom. The van der Waals surface area contributed by atoms with Gasteiger partial charge in [0.15, 0.2) is 21.6 Å². The molecule has 0 bridgehead atoms. The molecule has 0 unspecified atom stereocenters. The van der Waals surface area contributed by atoms with E-state index in [2.05, 4.69) is 10.3 Å². The number of anilines is 1. The fourth-order valence-corrected chi connectivity index (χ4v) is 6.29. The van der Waals surface area contributed by atoms with Crippen LogP contribution < -0.4 is 14.8 Å². The van der Waals surface area contributed by atoms with Crippen LogP contribution in [0.15, 0.2) is 52.7 Å². The van der Waals surface area contributed by atoms with Crippen LogP contribution >= 0.6 is 18.9 Å². The molecule has 0 radical (unpaired) electrons. The van der Waals surface area contributed by atoms with E-state index in [0.717, 1.165) is 29.7 Å². The molecule has 0 saturated carbocycles. The van der Waals surface area contributed by atoms with Gasteiger partial charge in [-0.05, 0) is 50.2 Å². The number of rotatable bonds is 13. The highest BCUT2D eigenvalue weighted by atomic mass is 32.2. The Labute approximate surface area is 232 Å². The van der Waals surface area contributed by atoms with Gasteiger partial charge in [-0.15, -0.1) is 11.3 Å². The molecule has 2 aromatic carbocycles. The summed E-state index contributed by atoms with van der Waals surface area (Å²) in [6.07, 6.45) is -3.70. The summed E-state index contributed by atoms with van der Waals surface area (Å²) in [5.41, 5.74) is 0.253. The van der Waals surface area contributed by atoms with E-state index in [1.807, 2.05) is 0 Å². The Morgan fingerprint density at radius 2 is 1.65 bits per heavy atom. The van der Waals surface area contributed by atoms with E-state index in [0.29, 0.717) is 5.69 Å². The number of amides is 1. The number of alkyl halides is 3. The van der Waals surface area contributed by atoms with Gasteiger partial charge in [-0.25, -0.2) is 13.4 Å². The predicted octanol–water partition coefficient (Wildman–Crippen LogP) is 6.30. The number of aromatic nitrogens is 1. The lowest BCUT2D eigenvalue weighted by atomic mass is 10.2. The fraction of sp³-hybridized carbons (Fsp3) is 0.333. The minimum atomic E-state index is -4.62. The van der Waals surface area contributed by atoms with E-state index in [1.165, 1.54) is 30.3 Å². The molecule has 10 nitrogen and oxygen atoms in total. The van der Waals surface area contributed by atoms with Crippen LogP contribution in [-0.2, 0) is 29.6 Å². The molecule has 1 N–H and O–H groups in total. The molecule has 218 valence electrons. The zero-order valence-corrected chi connectivity index (χ0v) is 24.1. The first-order valence-corrected chi connectivity index (χ1v) is 16.2. The normalized spacial score (nSPS) is 12.2. The average molecular weight is 623 g/mol. The highest BCUT2D eigenvalue weighted by molar-refractivity contribution is 7.90. The fourth-order valence-electron chi connectivity index (χ4n) is 3.23. The summed E-state index contributed by atoms with van der Waals surface area (Å²) < 4.78 is 95.4. The molecule has 40 heavy (non-hydrogen) atoms. The van der Waals surface area contributed by atoms with Crippen molar-refractivity contribution in [3.05, 3.63) is 59.1 Å². The van der Waals surface area contributed by atoms with Gasteiger partial charge in [0.2, 0.25) is 0 Å². The lowest BCUT2D eigenvalue weighted by Gasteiger charge is -2.15. The van der Waals surface area contributed by atoms with Crippen molar-refractivity contribution in [3.63, 3.8) is 0 Å². The molecule has 1 amide bonds. The summed E-state index contributed by atoms with van der Waals surface area (Å²) >= 11 is 1.04. The molecule has 0 aliphatic carbocycles. The first-order valence-electron chi connectivity index (χ1n) is 11.7. The monoisotopic (exact) mass is 622 g/mol. The van der Waals surface area contributed by atoms with Crippen molar-refractivity contribution < 1.29 is 49.5 Å². The van der Waals surface area contributed by atoms with Crippen LogP contribution in [0.5, 0.6) is 17.2 Å². The third-order valence-electron chi connectivity index (χ3n) is 4.81. The van der Waals surface area contributed by atoms with Crippen LogP contribution in [0.4, 0.5) is 18.3 Å². The highest BCUT2D eigenvalue weighted by Gasteiger charge is 2.29. The van der Waals surface area contributed by atoms with Crippen molar-refractivity contribution >= 4 is 39.8 Å². The zero-order valence-electron chi connectivity index (χ0n) is 21.6.